The zero-order valence-corrected chi connectivity index (χ0v) is 12.8. The predicted molar refractivity (Wildman–Crippen MR) is 74.8 cm³/mol. The number of carbonyl (C=O) groups excluding carboxylic acids is 1. The maximum Gasteiger partial charge on any atom is 0.304 e. The molecule has 0 aliphatic heterocycles. The van der Waals surface area contributed by atoms with Crippen LogP contribution >= 0.6 is 27.3 Å². The van der Waals surface area contributed by atoms with Gasteiger partial charge in [0.25, 0.3) is 0 Å². The van der Waals surface area contributed by atoms with Crippen molar-refractivity contribution in [3.05, 3.63) is 20.8 Å². The number of carboxylic acid groups (broad SMARTS) is 1. The third-order valence-electron chi connectivity index (χ3n) is 2.60. The summed E-state index contributed by atoms with van der Waals surface area (Å²) in [6, 6.07) is 4.00. The Balaban J connectivity index is 2.42. The second kappa shape index (κ2) is 6.89. The molecule has 1 rings (SSSR count). The van der Waals surface area contributed by atoms with Crippen LogP contribution in [0.4, 0.5) is 0 Å². The van der Waals surface area contributed by atoms with Crippen LogP contribution in [0.25, 0.3) is 0 Å². The van der Waals surface area contributed by atoms with Gasteiger partial charge in [0, 0.05) is 24.4 Å². The van der Waals surface area contributed by atoms with E-state index < -0.39 is 11.9 Å². The molecule has 100 valence electrons. The summed E-state index contributed by atoms with van der Waals surface area (Å²) in [5.74, 6) is -1.53. The Hall–Kier alpha value is -0.880. The first-order valence-corrected chi connectivity index (χ1v) is 7.22. The molecule has 0 saturated carbocycles. The van der Waals surface area contributed by atoms with Crippen LogP contribution in [0.1, 0.15) is 18.2 Å². The van der Waals surface area contributed by atoms with Crippen LogP contribution in [0.15, 0.2) is 15.9 Å². The second-order valence-corrected chi connectivity index (χ2v) is 6.76. The van der Waals surface area contributed by atoms with Crippen molar-refractivity contribution in [2.45, 2.75) is 19.8 Å². The molecule has 0 saturated heterocycles. The lowest BCUT2D eigenvalue weighted by Crippen LogP contribution is -2.34. The molecule has 4 nitrogen and oxygen atoms in total. The third-order valence-corrected chi connectivity index (χ3v) is 4.28. The zero-order chi connectivity index (χ0) is 13.7. The molecule has 0 aliphatic carbocycles. The van der Waals surface area contributed by atoms with E-state index in [0.717, 1.165) is 10.2 Å². The monoisotopic (exact) mass is 333 g/mol. The number of carbonyl (C=O) groups is 2. The van der Waals surface area contributed by atoms with Gasteiger partial charge in [-0.2, -0.15) is 0 Å². The summed E-state index contributed by atoms with van der Waals surface area (Å²) in [6.07, 6.45) is 0.673. The van der Waals surface area contributed by atoms with Gasteiger partial charge in [0.1, 0.15) is 0 Å². The molecule has 1 aromatic rings. The van der Waals surface area contributed by atoms with Gasteiger partial charge in [-0.25, -0.2) is 0 Å². The summed E-state index contributed by atoms with van der Waals surface area (Å²) >= 11 is 5.04. The van der Waals surface area contributed by atoms with Crippen LogP contribution < -0.4 is 0 Å². The number of hydrogen-bond acceptors (Lipinski definition) is 3. The van der Waals surface area contributed by atoms with Gasteiger partial charge >= 0.3 is 5.97 Å². The van der Waals surface area contributed by atoms with Crippen molar-refractivity contribution in [2.75, 3.05) is 13.6 Å². The smallest absolute Gasteiger partial charge is 0.304 e. The maximum atomic E-state index is 11.9. The molecule has 18 heavy (non-hydrogen) atoms. The molecule has 0 spiro atoms. The molecule has 1 amide bonds. The largest absolute Gasteiger partial charge is 0.481 e. The number of hydrogen-bond donors (Lipinski definition) is 1. The molecule has 1 N–H and O–H groups in total. The van der Waals surface area contributed by atoms with Crippen molar-refractivity contribution in [1.82, 2.24) is 4.90 Å². The summed E-state index contributed by atoms with van der Waals surface area (Å²) in [6.45, 7) is 2.25. The minimum atomic E-state index is -0.938. The Morgan fingerprint density at radius 1 is 1.50 bits per heavy atom. The molecule has 0 bridgehead atoms. The zero-order valence-electron chi connectivity index (χ0n) is 10.4. The normalized spacial score (nSPS) is 12.2. The number of aliphatic carboxylic acids is 1. The van der Waals surface area contributed by atoms with Crippen LogP contribution in [0.5, 0.6) is 0 Å². The summed E-state index contributed by atoms with van der Waals surface area (Å²) < 4.78 is 1.07. The van der Waals surface area contributed by atoms with Crippen molar-refractivity contribution in [3.63, 3.8) is 0 Å². The van der Waals surface area contributed by atoms with Gasteiger partial charge in [-0.05, 0) is 34.5 Å². The standard InChI is InChI=1S/C12H16BrNO3S/c1-8(7-11(15)16)12(17)14(2)6-5-9-3-4-10(13)18-9/h3-4,8H,5-7H2,1-2H3,(H,15,16). The van der Waals surface area contributed by atoms with Gasteiger partial charge in [0.2, 0.25) is 5.91 Å². The summed E-state index contributed by atoms with van der Waals surface area (Å²) in [5, 5.41) is 8.65. The highest BCUT2D eigenvalue weighted by Crippen LogP contribution is 2.22. The molecular formula is C12H16BrNO3S. The second-order valence-electron chi connectivity index (χ2n) is 4.21. The average Bonchev–Trinajstić information content (AvgIpc) is 2.70. The first-order chi connectivity index (χ1) is 8.40. The van der Waals surface area contributed by atoms with Crippen LogP contribution in [0.3, 0.4) is 0 Å². The van der Waals surface area contributed by atoms with E-state index in [1.165, 1.54) is 4.88 Å². The van der Waals surface area contributed by atoms with Gasteiger partial charge in [-0.3, -0.25) is 9.59 Å². The van der Waals surface area contributed by atoms with Crippen molar-refractivity contribution >= 4 is 39.1 Å². The van der Waals surface area contributed by atoms with Gasteiger partial charge in [0.15, 0.2) is 0 Å². The van der Waals surface area contributed by atoms with Crippen LogP contribution in [0, 0.1) is 5.92 Å². The van der Waals surface area contributed by atoms with Crippen LogP contribution in [0.2, 0.25) is 0 Å². The Labute approximate surface area is 119 Å². The number of halogens is 1. The molecule has 1 unspecified atom stereocenters. The Morgan fingerprint density at radius 2 is 2.17 bits per heavy atom. The van der Waals surface area contributed by atoms with Crippen molar-refractivity contribution in [3.8, 4) is 0 Å². The average molecular weight is 334 g/mol. The van der Waals surface area contributed by atoms with Gasteiger partial charge in [-0.15, -0.1) is 11.3 Å². The fourth-order valence-electron chi connectivity index (χ4n) is 1.60. The lowest BCUT2D eigenvalue weighted by atomic mass is 10.1. The van der Waals surface area contributed by atoms with E-state index in [0.29, 0.717) is 6.54 Å². The van der Waals surface area contributed by atoms with E-state index in [9.17, 15) is 9.59 Å². The maximum absolute atomic E-state index is 11.9. The predicted octanol–water partition coefficient (Wildman–Crippen LogP) is 2.62. The van der Waals surface area contributed by atoms with E-state index >= 15 is 0 Å². The summed E-state index contributed by atoms with van der Waals surface area (Å²) in [4.78, 5) is 25.2. The molecule has 0 aromatic carbocycles. The van der Waals surface area contributed by atoms with Crippen molar-refractivity contribution < 1.29 is 14.7 Å². The van der Waals surface area contributed by atoms with E-state index in [-0.39, 0.29) is 12.3 Å². The molecule has 0 fully saturated rings. The topological polar surface area (TPSA) is 57.6 Å². The Bertz CT molecular complexity index is 433. The molecule has 1 atom stereocenters. The number of amides is 1. The summed E-state index contributed by atoms with van der Waals surface area (Å²) in [7, 11) is 1.71. The highest BCUT2D eigenvalue weighted by Gasteiger charge is 2.19. The number of likely N-dealkylation sites (N-methyl/N-ethyl adjacent to an activating group) is 1. The summed E-state index contributed by atoms with van der Waals surface area (Å²) in [5.41, 5.74) is 0. The quantitative estimate of drug-likeness (QED) is 0.870. The highest BCUT2D eigenvalue weighted by atomic mass is 79.9. The van der Waals surface area contributed by atoms with E-state index in [1.807, 2.05) is 12.1 Å². The van der Waals surface area contributed by atoms with Crippen LogP contribution in [-0.4, -0.2) is 35.5 Å². The number of carboxylic acids is 1. The lowest BCUT2D eigenvalue weighted by molar-refractivity contribution is -0.143. The van der Waals surface area contributed by atoms with E-state index in [2.05, 4.69) is 15.9 Å². The number of rotatable bonds is 6. The molecule has 1 heterocycles. The number of thiophene rings is 1. The van der Waals surface area contributed by atoms with Gasteiger partial charge in [0.05, 0.1) is 10.2 Å². The fourth-order valence-corrected chi connectivity index (χ4v) is 3.07. The Morgan fingerprint density at radius 3 is 2.67 bits per heavy atom. The third kappa shape index (κ3) is 4.78. The van der Waals surface area contributed by atoms with Gasteiger partial charge in [-0.1, -0.05) is 6.92 Å². The molecular weight excluding hydrogens is 318 g/mol. The first-order valence-electron chi connectivity index (χ1n) is 5.61. The molecule has 6 heteroatoms. The van der Waals surface area contributed by atoms with Crippen LogP contribution in [-0.2, 0) is 16.0 Å². The van der Waals surface area contributed by atoms with Crippen molar-refractivity contribution in [1.29, 1.82) is 0 Å². The minimum absolute atomic E-state index is 0.117. The van der Waals surface area contributed by atoms with E-state index in [4.69, 9.17) is 5.11 Å². The minimum Gasteiger partial charge on any atom is -0.481 e. The lowest BCUT2D eigenvalue weighted by Gasteiger charge is -2.20. The SMILES string of the molecule is CC(CC(=O)O)C(=O)N(C)CCc1ccc(Br)s1. The molecule has 0 radical (unpaired) electrons. The van der Waals surface area contributed by atoms with Gasteiger partial charge < -0.3 is 10.0 Å². The number of nitrogens with zero attached hydrogens (tertiary/aromatic N) is 1. The van der Waals surface area contributed by atoms with Crippen molar-refractivity contribution in [2.24, 2.45) is 5.92 Å². The highest BCUT2D eigenvalue weighted by molar-refractivity contribution is 9.11. The van der Waals surface area contributed by atoms with E-state index in [1.54, 1.807) is 30.2 Å². The fraction of sp³-hybridized carbons (Fsp3) is 0.500. The molecule has 1 aromatic heterocycles. The first kappa shape index (κ1) is 15.2. The Kier molecular flexibility index (Phi) is 5.81. The molecule has 0 aliphatic rings.